The van der Waals surface area contributed by atoms with Gasteiger partial charge < -0.3 is 4.90 Å². The summed E-state index contributed by atoms with van der Waals surface area (Å²) in [5, 5.41) is 0.369. The number of aromatic nitrogens is 1. The molecule has 0 amide bonds. The fourth-order valence-corrected chi connectivity index (χ4v) is 3.21. The van der Waals surface area contributed by atoms with E-state index in [1.807, 2.05) is 4.90 Å². The maximum Gasteiger partial charge on any atom is 0.389 e. The van der Waals surface area contributed by atoms with Crippen LogP contribution in [-0.4, -0.2) is 24.2 Å². The Balaban J connectivity index is 2.10. The number of hydrogen-bond acceptors (Lipinski definition) is 2. The zero-order valence-corrected chi connectivity index (χ0v) is 13.0. The topological polar surface area (TPSA) is 16.1 Å². The number of hydrogen-bond donors (Lipinski definition) is 0. The Labute approximate surface area is 128 Å². The first kappa shape index (κ1) is 15.2. The van der Waals surface area contributed by atoms with Crippen molar-refractivity contribution in [2.45, 2.75) is 25.4 Å². The normalized spacial score (nSPS) is 20.7. The summed E-state index contributed by atoms with van der Waals surface area (Å²) in [6.45, 7) is 1.19. The minimum absolute atomic E-state index is 0.337. The molecule has 0 bridgehead atoms. The van der Waals surface area contributed by atoms with E-state index in [9.17, 15) is 13.2 Å². The predicted octanol–water partition coefficient (Wildman–Crippen LogP) is 4.51. The fourth-order valence-electron chi connectivity index (χ4n) is 2.42. The third-order valence-corrected chi connectivity index (χ3v) is 4.22. The summed E-state index contributed by atoms with van der Waals surface area (Å²) in [5.41, 5.74) is 0.882. The lowest BCUT2D eigenvalue weighted by Crippen LogP contribution is -2.37. The van der Waals surface area contributed by atoms with Crippen molar-refractivity contribution in [1.29, 1.82) is 0 Å². The molecule has 1 aromatic heterocycles. The van der Waals surface area contributed by atoms with Gasteiger partial charge in [0, 0.05) is 25.7 Å². The van der Waals surface area contributed by atoms with Crippen LogP contribution < -0.4 is 4.90 Å². The van der Waals surface area contributed by atoms with Gasteiger partial charge in [0.15, 0.2) is 0 Å². The van der Waals surface area contributed by atoms with E-state index in [1.165, 1.54) is 0 Å². The Morgan fingerprint density at radius 1 is 1.47 bits per heavy atom. The highest BCUT2D eigenvalue weighted by atomic mass is 127. The van der Waals surface area contributed by atoms with Crippen LogP contribution in [0.3, 0.4) is 0 Å². The van der Waals surface area contributed by atoms with Crippen molar-refractivity contribution in [2.24, 2.45) is 5.92 Å². The van der Waals surface area contributed by atoms with Gasteiger partial charge in [-0.25, -0.2) is 4.98 Å². The molecule has 1 fully saturated rings. The number of nitrogens with zero attached hydrogens (tertiary/aromatic N) is 2. The van der Waals surface area contributed by atoms with Gasteiger partial charge in [-0.2, -0.15) is 13.2 Å². The lowest BCUT2D eigenvalue weighted by Gasteiger charge is -2.35. The van der Waals surface area contributed by atoms with Gasteiger partial charge in [0.2, 0.25) is 0 Å². The van der Waals surface area contributed by atoms with Crippen LogP contribution in [0.5, 0.6) is 0 Å². The number of pyridine rings is 1. The molecule has 1 saturated heterocycles. The van der Waals surface area contributed by atoms with Crippen molar-refractivity contribution in [1.82, 2.24) is 4.98 Å². The molecular formula is C12H13ClF3IN2. The molecule has 2 nitrogen and oxygen atoms in total. The molecule has 106 valence electrons. The summed E-state index contributed by atoms with van der Waals surface area (Å²) in [7, 11) is 0. The van der Waals surface area contributed by atoms with Gasteiger partial charge in [-0.1, -0.05) is 11.6 Å². The highest BCUT2D eigenvalue weighted by Gasteiger charge is 2.34. The smallest absolute Gasteiger partial charge is 0.370 e. The van der Waals surface area contributed by atoms with Crippen molar-refractivity contribution in [2.75, 3.05) is 18.0 Å². The van der Waals surface area contributed by atoms with E-state index in [0.717, 1.165) is 22.2 Å². The molecule has 0 radical (unpaired) electrons. The van der Waals surface area contributed by atoms with E-state index < -0.39 is 12.6 Å². The molecule has 0 aromatic carbocycles. The molecule has 1 aliphatic rings. The molecule has 2 rings (SSSR count). The van der Waals surface area contributed by atoms with Crippen LogP contribution in [0.2, 0.25) is 5.15 Å². The highest BCUT2D eigenvalue weighted by molar-refractivity contribution is 14.1. The SMILES string of the molecule is FC(F)(F)CC1CCCN(c2cc(Cl)ncc2I)C1. The summed E-state index contributed by atoms with van der Waals surface area (Å²) in [4.78, 5) is 5.95. The molecule has 0 spiro atoms. The maximum absolute atomic E-state index is 12.5. The summed E-state index contributed by atoms with van der Waals surface area (Å²) in [6.07, 6.45) is -1.75. The largest absolute Gasteiger partial charge is 0.389 e. The first-order valence-corrected chi connectivity index (χ1v) is 7.43. The molecule has 1 unspecified atom stereocenters. The zero-order valence-electron chi connectivity index (χ0n) is 10.1. The van der Waals surface area contributed by atoms with Gasteiger partial charge in [-0.3, -0.25) is 0 Å². The lowest BCUT2D eigenvalue weighted by atomic mass is 9.94. The van der Waals surface area contributed by atoms with Crippen molar-refractivity contribution in [3.05, 3.63) is 21.0 Å². The minimum atomic E-state index is -4.09. The van der Waals surface area contributed by atoms with Crippen LogP contribution in [0, 0.1) is 9.49 Å². The molecule has 1 atom stereocenters. The Bertz CT molecular complexity index is 453. The van der Waals surface area contributed by atoms with Crippen LogP contribution in [0.1, 0.15) is 19.3 Å². The van der Waals surface area contributed by atoms with Crippen molar-refractivity contribution >= 4 is 39.9 Å². The molecule has 1 aromatic rings. The Morgan fingerprint density at radius 3 is 2.89 bits per heavy atom. The molecule has 0 saturated carbocycles. The quantitative estimate of drug-likeness (QED) is 0.533. The van der Waals surface area contributed by atoms with Gasteiger partial charge in [-0.05, 0) is 47.4 Å². The fraction of sp³-hybridized carbons (Fsp3) is 0.583. The number of halogens is 5. The van der Waals surface area contributed by atoms with Gasteiger partial charge in [0.05, 0.1) is 9.26 Å². The average Bonchev–Trinajstić information content (AvgIpc) is 2.30. The van der Waals surface area contributed by atoms with E-state index in [0.29, 0.717) is 18.1 Å². The Kier molecular flexibility index (Phi) is 4.81. The van der Waals surface area contributed by atoms with Crippen LogP contribution in [0.4, 0.5) is 18.9 Å². The summed E-state index contributed by atoms with van der Waals surface area (Å²) < 4.78 is 38.3. The van der Waals surface area contributed by atoms with E-state index in [-0.39, 0.29) is 5.92 Å². The van der Waals surface area contributed by atoms with Crippen LogP contribution in [0.25, 0.3) is 0 Å². The van der Waals surface area contributed by atoms with Gasteiger partial charge in [-0.15, -0.1) is 0 Å². The predicted molar refractivity (Wildman–Crippen MR) is 77.6 cm³/mol. The average molecular weight is 405 g/mol. The van der Waals surface area contributed by atoms with Gasteiger partial charge >= 0.3 is 6.18 Å². The lowest BCUT2D eigenvalue weighted by molar-refractivity contribution is -0.144. The Hall–Kier alpha value is -0.240. The number of anilines is 1. The third-order valence-electron chi connectivity index (χ3n) is 3.18. The van der Waals surface area contributed by atoms with Crippen LogP contribution in [0.15, 0.2) is 12.3 Å². The summed E-state index contributed by atoms with van der Waals surface area (Å²) >= 11 is 7.99. The highest BCUT2D eigenvalue weighted by Crippen LogP contribution is 2.33. The van der Waals surface area contributed by atoms with E-state index >= 15 is 0 Å². The molecule has 2 heterocycles. The summed E-state index contributed by atoms with van der Waals surface area (Å²) in [6, 6.07) is 1.72. The summed E-state index contributed by atoms with van der Waals surface area (Å²) in [5.74, 6) is -0.337. The van der Waals surface area contributed by atoms with E-state index in [2.05, 4.69) is 27.6 Å². The third kappa shape index (κ3) is 4.37. The number of rotatable bonds is 2. The first-order valence-electron chi connectivity index (χ1n) is 5.98. The van der Waals surface area contributed by atoms with Gasteiger partial charge in [0.1, 0.15) is 5.15 Å². The second-order valence-corrected chi connectivity index (χ2v) is 6.28. The number of alkyl halides is 3. The molecule has 0 aliphatic carbocycles. The molecule has 7 heteroatoms. The van der Waals surface area contributed by atoms with E-state index in [4.69, 9.17) is 11.6 Å². The zero-order chi connectivity index (χ0) is 14.0. The van der Waals surface area contributed by atoms with Crippen LogP contribution in [-0.2, 0) is 0 Å². The minimum Gasteiger partial charge on any atom is -0.370 e. The Morgan fingerprint density at radius 2 is 2.21 bits per heavy atom. The molecule has 0 N–H and O–H groups in total. The van der Waals surface area contributed by atoms with Crippen molar-refractivity contribution < 1.29 is 13.2 Å². The van der Waals surface area contributed by atoms with Crippen molar-refractivity contribution in [3.63, 3.8) is 0 Å². The molecular weight excluding hydrogens is 391 g/mol. The second kappa shape index (κ2) is 6.03. The maximum atomic E-state index is 12.5. The molecule has 1 aliphatic heterocycles. The monoisotopic (exact) mass is 404 g/mol. The molecule has 19 heavy (non-hydrogen) atoms. The first-order chi connectivity index (χ1) is 8.85. The standard InChI is InChI=1S/C12H13ClF3IN2/c13-11-4-10(9(17)6-18-11)19-3-1-2-8(7-19)5-12(14,15)16/h4,6,8H,1-3,5,7H2. The van der Waals surface area contributed by atoms with Crippen LogP contribution >= 0.6 is 34.2 Å². The van der Waals surface area contributed by atoms with Crippen molar-refractivity contribution in [3.8, 4) is 0 Å². The number of piperidine rings is 1. The van der Waals surface area contributed by atoms with E-state index in [1.54, 1.807) is 12.3 Å². The second-order valence-electron chi connectivity index (χ2n) is 4.73. The van der Waals surface area contributed by atoms with Gasteiger partial charge in [0.25, 0.3) is 0 Å².